The second-order valence-electron chi connectivity index (χ2n) is 7.89. The Hall–Kier alpha value is -3.51. The van der Waals surface area contributed by atoms with Crippen molar-refractivity contribution in [1.29, 1.82) is 0 Å². The number of fused-ring (bicyclic) bond motifs is 1. The van der Waals surface area contributed by atoms with E-state index in [1.54, 1.807) is 13.0 Å². The fourth-order valence-electron chi connectivity index (χ4n) is 3.95. The van der Waals surface area contributed by atoms with Crippen molar-refractivity contribution >= 4 is 16.7 Å². The topological polar surface area (TPSA) is 62.5 Å². The van der Waals surface area contributed by atoms with E-state index in [9.17, 15) is 18.7 Å². The predicted octanol–water partition coefficient (Wildman–Crippen LogP) is 6.02. The van der Waals surface area contributed by atoms with Crippen molar-refractivity contribution in [3.8, 4) is 11.3 Å². The maximum atomic E-state index is 14.1. The summed E-state index contributed by atoms with van der Waals surface area (Å²) in [5, 5.41) is 13.1. The van der Waals surface area contributed by atoms with Crippen molar-refractivity contribution in [2.75, 3.05) is 5.32 Å². The number of aryl methyl sites for hydroxylation is 1. The van der Waals surface area contributed by atoms with E-state index in [2.05, 4.69) is 5.32 Å². The molecule has 0 aliphatic rings. The highest BCUT2D eigenvalue weighted by Crippen LogP contribution is 2.33. The van der Waals surface area contributed by atoms with Gasteiger partial charge in [0.15, 0.2) is 17.1 Å². The SMILES string of the molecule is Cc1cc(C(C)Nc2ccc(F)c(F)c2CO)c2oc(-c3ccccc3)c(C)c(=O)c2c1. The average Bonchev–Trinajstić information content (AvgIpc) is 2.79. The minimum atomic E-state index is -1.09. The monoisotopic (exact) mass is 435 g/mol. The van der Waals surface area contributed by atoms with Gasteiger partial charge >= 0.3 is 0 Å². The third kappa shape index (κ3) is 3.78. The molecule has 1 atom stereocenters. The van der Waals surface area contributed by atoms with Gasteiger partial charge in [-0.15, -0.1) is 0 Å². The van der Waals surface area contributed by atoms with Crippen LogP contribution in [0.4, 0.5) is 14.5 Å². The van der Waals surface area contributed by atoms with Crippen LogP contribution in [0.5, 0.6) is 0 Å². The average molecular weight is 435 g/mol. The zero-order chi connectivity index (χ0) is 23.0. The van der Waals surface area contributed by atoms with E-state index in [4.69, 9.17) is 4.42 Å². The van der Waals surface area contributed by atoms with Crippen molar-refractivity contribution < 1.29 is 18.3 Å². The largest absolute Gasteiger partial charge is 0.455 e. The molecular formula is C26H23F2NO3. The molecule has 0 aliphatic carbocycles. The zero-order valence-corrected chi connectivity index (χ0v) is 18.0. The number of aliphatic hydroxyl groups excluding tert-OH is 1. The van der Waals surface area contributed by atoms with Gasteiger partial charge in [-0.25, -0.2) is 8.78 Å². The third-order valence-corrected chi connectivity index (χ3v) is 5.62. The van der Waals surface area contributed by atoms with Crippen molar-refractivity contribution in [3.05, 3.63) is 98.7 Å². The second kappa shape index (κ2) is 8.55. The van der Waals surface area contributed by atoms with Crippen LogP contribution in [-0.2, 0) is 6.61 Å². The van der Waals surface area contributed by atoms with Crippen LogP contribution in [0.2, 0.25) is 0 Å². The fraction of sp³-hybridized carbons (Fsp3) is 0.192. The molecule has 0 saturated heterocycles. The molecule has 0 aliphatic heterocycles. The molecule has 1 aromatic heterocycles. The van der Waals surface area contributed by atoms with Gasteiger partial charge in [0.05, 0.1) is 18.0 Å². The van der Waals surface area contributed by atoms with E-state index >= 15 is 0 Å². The molecule has 0 radical (unpaired) electrons. The molecule has 0 saturated carbocycles. The highest BCUT2D eigenvalue weighted by molar-refractivity contribution is 5.84. The molecule has 0 fully saturated rings. The first-order chi connectivity index (χ1) is 15.3. The Morgan fingerprint density at radius 1 is 1.06 bits per heavy atom. The molecule has 6 heteroatoms. The smallest absolute Gasteiger partial charge is 0.196 e. The lowest BCUT2D eigenvalue weighted by Crippen LogP contribution is -2.13. The van der Waals surface area contributed by atoms with Gasteiger partial charge in [-0.3, -0.25) is 4.79 Å². The second-order valence-corrected chi connectivity index (χ2v) is 7.89. The zero-order valence-electron chi connectivity index (χ0n) is 18.0. The number of halogens is 2. The van der Waals surface area contributed by atoms with E-state index in [0.717, 1.165) is 17.2 Å². The Bertz CT molecular complexity index is 1360. The van der Waals surface area contributed by atoms with Gasteiger partial charge in [-0.1, -0.05) is 36.4 Å². The van der Waals surface area contributed by atoms with Crippen molar-refractivity contribution in [2.45, 2.75) is 33.4 Å². The van der Waals surface area contributed by atoms with Crippen LogP contribution in [0.15, 0.2) is 63.8 Å². The van der Waals surface area contributed by atoms with Crippen molar-refractivity contribution in [3.63, 3.8) is 0 Å². The Labute approximate surface area is 184 Å². The van der Waals surface area contributed by atoms with Crippen molar-refractivity contribution in [2.24, 2.45) is 0 Å². The Kier molecular flexibility index (Phi) is 5.80. The van der Waals surface area contributed by atoms with Crippen LogP contribution in [0, 0.1) is 25.5 Å². The highest BCUT2D eigenvalue weighted by atomic mass is 19.2. The first kappa shape index (κ1) is 21.7. The Balaban J connectivity index is 1.88. The summed E-state index contributed by atoms with van der Waals surface area (Å²) in [6, 6.07) is 15.0. The molecule has 4 nitrogen and oxygen atoms in total. The van der Waals surface area contributed by atoms with Gasteiger partial charge in [-0.2, -0.15) is 0 Å². The van der Waals surface area contributed by atoms with Gasteiger partial charge in [0, 0.05) is 27.9 Å². The number of hydrogen-bond donors (Lipinski definition) is 2. The third-order valence-electron chi connectivity index (χ3n) is 5.62. The number of nitrogens with one attached hydrogen (secondary N) is 1. The lowest BCUT2D eigenvalue weighted by Gasteiger charge is -2.20. The maximum absolute atomic E-state index is 14.1. The Morgan fingerprint density at radius 3 is 2.47 bits per heavy atom. The fourth-order valence-corrected chi connectivity index (χ4v) is 3.95. The van der Waals surface area contributed by atoms with Gasteiger partial charge < -0.3 is 14.8 Å². The maximum Gasteiger partial charge on any atom is 0.196 e. The number of rotatable bonds is 5. The standard InChI is InChI=1S/C26H23F2NO3/c1-14-11-18(16(3)29-22-10-9-21(27)23(28)20(22)13-30)26-19(12-14)24(31)15(2)25(32-26)17-7-5-4-6-8-17/h4-12,16,29-30H,13H2,1-3H3. The Morgan fingerprint density at radius 2 is 1.78 bits per heavy atom. The quantitative estimate of drug-likeness (QED) is 0.402. The molecule has 1 unspecified atom stereocenters. The van der Waals surface area contributed by atoms with Crippen LogP contribution in [0.1, 0.15) is 35.2 Å². The van der Waals surface area contributed by atoms with Crippen LogP contribution in [0.25, 0.3) is 22.3 Å². The van der Waals surface area contributed by atoms with Crippen LogP contribution in [0.3, 0.4) is 0 Å². The summed E-state index contributed by atoms with van der Waals surface area (Å²) in [6.45, 7) is 4.80. The first-order valence-electron chi connectivity index (χ1n) is 10.3. The summed E-state index contributed by atoms with van der Waals surface area (Å²) in [7, 11) is 0. The lowest BCUT2D eigenvalue weighted by molar-refractivity contribution is 0.274. The summed E-state index contributed by atoms with van der Waals surface area (Å²) < 4.78 is 34.0. The first-order valence-corrected chi connectivity index (χ1v) is 10.3. The molecule has 164 valence electrons. The summed E-state index contributed by atoms with van der Waals surface area (Å²) >= 11 is 0. The minimum absolute atomic E-state index is 0.119. The van der Waals surface area contributed by atoms with E-state index < -0.39 is 24.3 Å². The van der Waals surface area contributed by atoms with E-state index in [0.29, 0.717) is 27.9 Å². The van der Waals surface area contributed by atoms with Crippen LogP contribution < -0.4 is 10.7 Å². The molecule has 3 aromatic carbocycles. The van der Waals surface area contributed by atoms with E-state index in [1.165, 1.54) is 6.07 Å². The molecular weight excluding hydrogens is 412 g/mol. The lowest BCUT2D eigenvalue weighted by atomic mass is 9.98. The van der Waals surface area contributed by atoms with Gasteiger partial charge in [0.25, 0.3) is 0 Å². The molecule has 4 aromatic rings. The van der Waals surface area contributed by atoms with Crippen LogP contribution >= 0.6 is 0 Å². The molecule has 0 amide bonds. The molecule has 4 rings (SSSR count). The van der Waals surface area contributed by atoms with Crippen LogP contribution in [-0.4, -0.2) is 5.11 Å². The summed E-state index contributed by atoms with van der Waals surface area (Å²) in [5.41, 5.74) is 3.30. The highest BCUT2D eigenvalue weighted by Gasteiger charge is 2.20. The van der Waals surface area contributed by atoms with Crippen molar-refractivity contribution in [1.82, 2.24) is 0 Å². The summed E-state index contributed by atoms with van der Waals surface area (Å²) in [4.78, 5) is 13.2. The predicted molar refractivity (Wildman–Crippen MR) is 122 cm³/mol. The number of hydrogen-bond acceptors (Lipinski definition) is 4. The van der Waals surface area contributed by atoms with E-state index in [-0.39, 0.29) is 16.7 Å². The molecule has 2 N–H and O–H groups in total. The van der Waals surface area contributed by atoms with Gasteiger partial charge in [-0.05, 0) is 44.5 Å². The summed E-state index contributed by atoms with van der Waals surface area (Å²) in [5.74, 6) is -1.63. The molecule has 32 heavy (non-hydrogen) atoms. The van der Waals surface area contributed by atoms with Gasteiger partial charge in [0.2, 0.25) is 0 Å². The van der Waals surface area contributed by atoms with E-state index in [1.807, 2.05) is 50.2 Å². The van der Waals surface area contributed by atoms with Gasteiger partial charge in [0.1, 0.15) is 11.3 Å². The number of benzene rings is 3. The molecule has 1 heterocycles. The number of anilines is 1. The molecule has 0 bridgehead atoms. The normalized spacial score (nSPS) is 12.2. The minimum Gasteiger partial charge on any atom is -0.455 e. The molecule has 0 spiro atoms. The number of aliphatic hydroxyl groups is 1. The summed E-state index contributed by atoms with van der Waals surface area (Å²) in [6.07, 6.45) is 0.